The SMILES string of the molecule is Cl.O=c1oc2ccccc2cc1-c1ccco1. The van der Waals surface area contributed by atoms with Gasteiger partial charge >= 0.3 is 5.63 Å². The van der Waals surface area contributed by atoms with Gasteiger partial charge in [0.15, 0.2) is 0 Å². The van der Waals surface area contributed by atoms with E-state index in [1.807, 2.05) is 18.2 Å². The van der Waals surface area contributed by atoms with Crippen LogP contribution in [0.15, 0.2) is 62.4 Å². The van der Waals surface area contributed by atoms with Crippen LogP contribution in [-0.4, -0.2) is 0 Å². The Morgan fingerprint density at radius 3 is 2.59 bits per heavy atom. The molecule has 0 N–H and O–H groups in total. The summed E-state index contributed by atoms with van der Waals surface area (Å²) in [5.74, 6) is 0.527. The predicted octanol–water partition coefficient (Wildman–Crippen LogP) is 3.47. The Morgan fingerprint density at radius 1 is 1.00 bits per heavy atom. The lowest BCUT2D eigenvalue weighted by Crippen LogP contribution is -2.01. The molecule has 0 unspecified atom stereocenters. The first kappa shape index (κ1) is 11.5. The third-order valence-corrected chi connectivity index (χ3v) is 2.43. The van der Waals surface area contributed by atoms with Crippen LogP contribution < -0.4 is 5.63 Å². The van der Waals surface area contributed by atoms with Gasteiger partial charge in [-0.25, -0.2) is 4.79 Å². The first-order valence-electron chi connectivity index (χ1n) is 4.91. The van der Waals surface area contributed by atoms with Crippen molar-refractivity contribution in [1.82, 2.24) is 0 Å². The van der Waals surface area contributed by atoms with E-state index in [-0.39, 0.29) is 18.0 Å². The zero-order valence-corrected chi connectivity index (χ0v) is 9.57. The van der Waals surface area contributed by atoms with Gasteiger partial charge in [-0.15, -0.1) is 12.4 Å². The number of halogens is 1. The molecule has 0 bridgehead atoms. The second-order valence-electron chi connectivity index (χ2n) is 3.46. The molecule has 0 saturated heterocycles. The topological polar surface area (TPSA) is 43.4 Å². The average Bonchev–Trinajstić information content (AvgIpc) is 2.81. The van der Waals surface area contributed by atoms with Crippen LogP contribution in [0.4, 0.5) is 0 Å². The molecular weight excluding hydrogens is 240 g/mol. The minimum absolute atomic E-state index is 0. The monoisotopic (exact) mass is 248 g/mol. The molecular formula is C13H9ClO3. The standard InChI is InChI=1S/C13H8O3.ClH/c14-13-10(12-6-3-7-15-12)8-9-4-1-2-5-11(9)16-13;/h1-8H;1H. The molecule has 0 atom stereocenters. The summed E-state index contributed by atoms with van der Waals surface area (Å²) in [5, 5.41) is 0.883. The fourth-order valence-corrected chi connectivity index (χ4v) is 1.67. The summed E-state index contributed by atoms with van der Waals surface area (Å²) >= 11 is 0. The Labute approximate surface area is 103 Å². The van der Waals surface area contributed by atoms with Crippen LogP contribution in [0.25, 0.3) is 22.3 Å². The number of hydrogen-bond donors (Lipinski definition) is 0. The molecule has 0 fully saturated rings. The lowest BCUT2D eigenvalue weighted by atomic mass is 10.1. The first-order valence-corrected chi connectivity index (χ1v) is 4.91. The molecule has 17 heavy (non-hydrogen) atoms. The van der Waals surface area contributed by atoms with Crippen LogP contribution >= 0.6 is 12.4 Å². The largest absolute Gasteiger partial charge is 0.464 e. The molecule has 0 radical (unpaired) electrons. The van der Waals surface area contributed by atoms with Gasteiger partial charge in [0.25, 0.3) is 0 Å². The highest BCUT2D eigenvalue weighted by Gasteiger charge is 2.09. The molecule has 3 rings (SSSR count). The molecule has 2 aromatic heterocycles. The van der Waals surface area contributed by atoms with Crippen LogP contribution in [0.1, 0.15) is 0 Å². The van der Waals surface area contributed by atoms with Crippen molar-refractivity contribution in [3.05, 3.63) is 59.1 Å². The van der Waals surface area contributed by atoms with E-state index in [0.29, 0.717) is 16.9 Å². The second kappa shape index (κ2) is 4.47. The summed E-state index contributed by atoms with van der Waals surface area (Å²) in [6.45, 7) is 0. The van der Waals surface area contributed by atoms with E-state index in [4.69, 9.17) is 8.83 Å². The van der Waals surface area contributed by atoms with Gasteiger partial charge in [-0.3, -0.25) is 0 Å². The van der Waals surface area contributed by atoms with Gasteiger partial charge in [-0.2, -0.15) is 0 Å². The molecule has 0 aliphatic heterocycles. The first-order chi connectivity index (χ1) is 7.84. The van der Waals surface area contributed by atoms with E-state index >= 15 is 0 Å². The number of rotatable bonds is 1. The third kappa shape index (κ3) is 1.97. The van der Waals surface area contributed by atoms with Crippen molar-refractivity contribution in [3.63, 3.8) is 0 Å². The summed E-state index contributed by atoms with van der Waals surface area (Å²) in [7, 11) is 0. The molecule has 0 saturated carbocycles. The van der Waals surface area contributed by atoms with Gasteiger partial charge in [0.1, 0.15) is 16.9 Å². The van der Waals surface area contributed by atoms with E-state index in [9.17, 15) is 4.79 Å². The minimum atomic E-state index is -0.381. The van der Waals surface area contributed by atoms with Crippen LogP contribution in [0.2, 0.25) is 0 Å². The van der Waals surface area contributed by atoms with Crippen molar-refractivity contribution < 1.29 is 8.83 Å². The Morgan fingerprint density at radius 2 is 1.82 bits per heavy atom. The molecule has 1 aromatic carbocycles. The molecule has 86 valence electrons. The zero-order chi connectivity index (χ0) is 11.0. The van der Waals surface area contributed by atoms with Crippen molar-refractivity contribution in [2.75, 3.05) is 0 Å². The fourth-order valence-electron chi connectivity index (χ4n) is 1.67. The van der Waals surface area contributed by atoms with E-state index in [2.05, 4.69) is 0 Å². The molecule has 3 nitrogen and oxygen atoms in total. The summed E-state index contributed by atoms with van der Waals surface area (Å²) in [5.41, 5.74) is 0.653. The van der Waals surface area contributed by atoms with Crippen LogP contribution in [0, 0.1) is 0 Å². The third-order valence-electron chi connectivity index (χ3n) is 2.43. The smallest absolute Gasteiger partial charge is 0.347 e. The summed E-state index contributed by atoms with van der Waals surface area (Å²) in [4.78, 5) is 11.7. The molecule has 0 aliphatic rings. The second-order valence-corrected chi connectivity index (χ2v) is 3.46. The van der Waals surface area contributed by atoms with E-state index < -0.39 is 0 Å². The molecule has 3 aromatic rings. The van der Waals surface area contributed by atoms with Crippen molar-refractivity contribution in [2.24, 2.45) is 0 Å². The minimum Gasteiger partial charge on any atom is -0.464 e. The number of para-hydroxylation sites is 1. The lowest BCUT2D eigenvalue weighted by molar-refractivity contribution is 0.547. The highest BCUT2D eigenvalue weighted by Crippen LogP contribution is 2.20. The summed E-state index contributed by atoms with van der Waals surface area (Å²) in [6.07, 6.45) is 1.53. The van der Waals surface area contributed by atoms with Crippen molar-refractivity contribution in [3.8, 4) is 11.3 Å². The molecule has 0 aliphatic carbocycles. The van der Waals surface area contributed by atoms with E-state index in [1.165, 1.54) is 6.26 Å². The van der Waals surface area contributed by atoms with Crippen molar-refractivity contribution in [2.45, 2.75) is 0 Å². The van der Waals surface area contributed by atoms with Crippen LogP contribution in [0.5, 0.6) is 0 Å². The summed E-state index contributed by atoms with van der Waals surface area (Å²) in [6, 6.07) is 12.6. The van der Waals surface area contributed by atoms with Gasteiger partial charge < -0.3 is 8.83 Å². The van der Waals surface area contributed by atoms with Crippen LogP contribution in [0.3, 0.4) is 0 Å². The Kier molecular flexibility index (Phi) is 3.02. The normalized spacial score (nSPS) is 10.1. The molecule has 4 heteroatoms. The van der Waals surface area contributed by atoms with Gasteiger partial charge in [0.05, 0.1) is 6.26 Å². The Balaban J connectivity index is 0.00000108. The molecule has 2 heterocycles. The van der Waals surface area contributed by atoms with Crippen LogP contribution in [-0.2, 0) is 0 Å². The Bertz CT molecular complexity index is 683. The van der Waals surface area contributed by atoms with Gasteiger partial charge in [-0.1, -0.05) is 18.2 Å². The number of benzene rings is 1. The number of furan rings is 1. The Hall–Kier alpha value is -2.00. The molecule has 0 amide bonds. The van der Waals surface area contributed by atoms with E-state index in [1.54, 1.807) is 24.3 Å². The van der Waals surface area contributed by atoms with Gasteiger partial charge in [-0.05, 0) is 24.3 Å². The van der Waals surface area contributed by atoms with Gasteiger partial charge in [0.2, 0.25) is 0 Å². The quantitative estimate of drug-likeness (QED) is 0.619. The summed E-state index contributed by atoms with van der Waals surface area (Å²) < 4.78 is 10.4. The van der Waals surface area contributed by atoms with E-state index in [0.717, 1.165) is 5.39 Å². The zero-order valence-electron chi connectivity index (χ0n) is 8.75. The highest BCUT2D eigenvalue weighted by molar-refractivity contribution is 5.85. The van der Waals surface area contributed by atoms with Crippen molar-refractivity contribution in [1.29, 1.82) is 0 Å². The van der Waals surface area contributed by atoms with Gasteiger partial charge in [0, 0.05) is 5.39 Å². The van der Waals surface area contributed by atoms with Crippen molar-refractivity contribution >= 4 is 23.4 Å². The predicted molar refractivity (Wildman–Crippen MR) is 67.4 cm³/mol. The highest BCUT2D eigenvalue weighted by atomic mass is 35.5. The maximum atomic E-state index is 11.7. The lowest BCUT2D eigenvalue weighted by Gasteiger charge is -1.98. The maximum Gasteiger partial charge on any atom is 0.347 e. The fraction of sp³-hybridized carbons (Fsp3) is 0. The maximum absolute atomic E-state index is 11.7. The number of fused-ring (bicyclic) bond motifs is 1. The molecule has 0 spiro atoms. The number of hydrogen-bond acceptors (Lipinski definition) is 3. The average molecular weight is 249 g/mol.